The van der Waals surface area contributed by atoms with Crippen LogP contribution >= 0.6 is 11.3 Å². The van der Waals surface area contributed by atoms with Crippen molar-refractivity contribution in [2.75, 3.05) is 16.0 Å². The number of nitrogens with one attached hydrogen (secondary N) is 3. The lowest BCUT2D eigenvalue weighted by atomic mass is 10.1. The summed E-state index contributed by atoms with van der Waals surface area (Å²) in [7, 11) is 0. The molecule has 0 aliphatic carbocycles. The third kappa shape index (κ3) is 4.47. The summed E-state index contributed by atoms with van der Waals surface area (Å²) >= 11 is 1.36. The number of hydrogen-bond acceptors (Lipinski definition) is 4. The number of fused-ring (bicyclic) bond motifs is 1. The van der Waals surface area contributed by atoms with Gasteiger partial charge in [-0.3, -0.25) is 10.1 Å². The van der Waals surface area contributed by atoms with Crippen LogP contribution < -0.4 is 16.0 Å². The van der Waals surface area contributed by atoms with E-state index in [0.29, 0.717) is 16.4 Å². The highest BCUT2D eigenvalue weighted by molar-refractivity contribution is 7.22. The highest BCUT2D eigenvalue weighted by Gasteiger charge is 2.11. The number of urea groups is 1. The lowest BCUT2D eigenvalue weighted by Gasteiger charge is -2.10. The molecule has 0 fully saturated rings. The Labute approximate surface area is 178 Å². The second kappa shape index (κ2) is 8.75. The summed E-state index contributed by atoms with van der Waals surface area (Å²) in [5.41, 5.74) is 3.85. The fourth-order valence-electron chi connectivity index (χ4n) is 3.05. The van der Waals surface area contributed by atoms with Crippen molar-refractivity contribution in [1.29, 1.82) is 0 Å². The Morgan fingerprint density at radius 3 is 2.47 bits per heavy atom. The second-order valence-electron chi connectivity index (χ2n) is 6.61. The lowest BCUT2D eigenvalue weighted by molar-refractivity contribution is 0.102. The highest BCUT2D eigenvalue weighted by Crippen LogP contribution is 2.29. The predicted molar refractivity (Wildman–Crippen MR) is 122 cm³/mol. The number of nitrogens with zero attached hydrogens (tertiary/aromatic N) is 1. The van der Waals surface area contributed by atoms with E-state index in [-0.39, 0.29) is 11.9 Å². The summed E-state index contributed by atoms with van der Waals surface area (Å²) in [4.78, 5) is 29.2. The molecule has 0 spiro atoms. The van der Waals surface area contributed by atoms with Crippen molar-refractivity contribution in [3.8, 4) is 0 Å². The van der Waals surface area contributed by atoms with Crippen molar-refractivity contribution in [1.82, 2.24) is 4.98 Å². The maximum atomic E-state index is 12.4. The van der Waals surface area contributed by atoms with Crippen LogP contribution in [0.4, 0.5) is 21.3 Å². The van der Waals surface area contributed by atoms with Crippen molar-refractivity contribution in [3.05, 3.63) is 83.9 Å². The van der Waals surface area contributed by atoms with Gasteiger partial charge in [0.1, 0.15) is 0 Å². The van der Waals surface area contributed by atoms with Crippen molar-refractivity contribution >= 4 is 50.0 Å². The van der Waals surface area contributed by atoms with Gasteiger partial charge in [-0.25, -0.2) is 9.78 Å². The zero-order valence-corrected chi connectivity index (χ0v) is 17.1. The minimum atomic E-state index is -0.308. The fourth-order valence-corrected chi connectivity index (χ4v) is 3.95. The third-order valence-electron chi connectivity index (χ3n) is 4.55. The number of rotatable bonds is 5. The van der Waals surface area contributed by atoms with E-state index in [1.165, 1.54) is 11.3 Å². The SMILES string of the molecule is CCc1ccccc1NC(=O)Nc1ccc2nc(NC(=O)c3ccccc3)sc2c1. The van der Waals surface area contributed by atoms with Crippen LogP contribution in [-0.4, -0.2) is 16.9 Å². The number of para-hydroxylation sites is 1. The first-order valence-corrected chi connectivity index (χ1v) is 10.4. The standard InChI is InChI=1S/C23H20N4O2S/c1-2-15-8-6-7-11-18(15)25-22(29)24-17-12-13-19-20(14-17)30-23(26-19)27-21(28)16-9-4-3-5-10-16/h3-14H,2H2,1H3,(H2,24,25,29)(H,26,27,28). The zero-order chi connectivity index (χ0) is 20.9. The first kappa shape index (κ1) is 19.6. The average molecular weight is 417 g/mol. The lowest BCUT2D eigenvalue weighted by Crippen LogP contribution is -2.20. The van der Waals surface area contributed by atoms with Gasteiger partial charge in [-0.1, -0.05) is 54.7 Å². The van der Waals surface area contributed by atoms with Gasteiger partial charge in [-0.15, -0.1) is 0 Å². The Balaban J connectivity index is 1.46. The molecule has 30 heavy (non-hydrogen) atoms. The number of amides is 3. The maximum Gasteiger partial charge on any atom is 0.323 e. The summed E-state index contributed by atoms with van der Waals surface area (Å²) in [5, 5.41) is 9.07. The second-order valence-corrected chi connectivity index (χ2v) is 7.64. The molecular weight excluding hydrogens is 396 g/mol. The van der Waals surface area contributed by atoms with E-state index in [1.807, 2.05) is 61.5 Å². The molecular formula is C23H20N4O2S. The number of carbonyl (C=O) groups is 2. The van der Waals surface area contributed by atoms with Gasteiger partial charge in [0.2, 0.25) is 0 Å². The van der Waals surface area contributed by atoms with Gasteiger partial charge in [-0.2, -0.15) is 0 Å². The van der Waals surface area contributed by atoms with Crippen molar-refractivity contribution in [2.45, 2.75) is 13.3 Å². The molecule has 1 heterocycles. The molecule has 0 radical (unpaired) electrons. The Hall–Kier alpha value is -3.71. The molecule has 4 rings (SSSR count). The number of benzene rings is 3. The quantitative estimate of drug-likeness (QED) is 0.387. The van der Waals surface area contributed by atoms with E-state index in [1.54, 1.807) is 18.2 Å². The molecule has 0 atom stereocenters. The molecule has 150 valence electrons. The van der Waals surface area contributed by atoms with Crippen molar-refractivity contribution in [3.63, 3.8) is 0 Å². The largest absolute Gasteiger partial charge is 0.323 e. The predicted octanol–water partition coefficient (Wildman–Crippen LogP) is 5.76. The summed E-state index contributed by atoms with van der Waals surface area (Å²) in [6.07, 6.45) is 0.834. The molecule has 3 amide bonds. The van der Waals surface area contributed by atoms with E-state index >= 15 is 0 Å². The van der Waals surface area contributed by atoms with Crippen LogP contribution in [0.2, 0.25) is 0 Å². The molecule has 0 aliphatic rings. The number of aryl methyl sites for hydroxylation is 1. The van der Waals surface area contributed by atoms with Gasteiger partial charge in [-0.05, 0) is 48.4 Å². The summed E-state index contributed by atoms with van der Waals surface area (Å²) in [6, 6.07) is 21.8. The van der Waals surface area contributed by atoms with Gasteiger partial charge in [0.05, 0.1) is 10.2 Å². The van der Waals surface area contributed by atoms with Crippen LogP contribution in [0, 0.1) is 0 Å². The third-order valence-corrected chi connectivity index (χ3v) is 5.48. The summed E-state index contributed by atoms with van der Waals surface area (Å²) in [6.45, 7) is 2.05. The zero-order valence-electron chi connectivity index (χ0n) is 16.3. The molecule has 0 bridgehead atoms. The van der Waals surface area contributed by atoms with Gasteiger partial charge in [0.15, 0.2) is 5.13 Å². The molecule has 0 saturated heterocycles. The molecule has 3 N–H and O–H groups in total. The van der Waals surface area contributed by atoms with Crippen molar-refractivity contribution in [2.24, 2.45) is 0 Å². The average Bonchev–Trinajstić information content (AvgIpc) is 3.16. The fraction of sp³-hybridized carbons (Fsp3) is 0.0870. The van der Waals surface area contributed by atoms with Crippen LogP contribution in [0.1, 0.15) is 22.8 Å². The van der Waals surface area contributed by atoms with E-state index in [9.17, 15) is 9.59 Å². The first-order chi connectivity index (χ1) is 14.6. The van der Waals surface area contributed by atoms with Crippen LogP contribution in [0.5, 0.6) is 0 Å². The topological polar surface area (TPSA) is 83.1 Å². The van der Waals surface area contributed by atoms with Crippen LogP contribution in [-0.2, 0) is 6.42 Å². The van der Waals surface area contributed by atoms with Gasteiger partial charge >= 0.3 is 6.03 Å². The summed E-state index contributed by atoms with van der Waals surface area (Å²) in [5.74, 6) is -0.207. The molecule has 3 aromatic carbocycles. The maximum absolute atomic E-state index is 12.4. The van der Waals surface area contributed by atoms with Gasteiger partial charge in [0, 0.05) is 16.9 Å². The summed E-state index contributed by atoms with van der Waals surface area (Å²) < 4.78 is 0.866. The Bertz CT molecular complexity index is 1200. The van der Waals surface area contributed by atoms with Crippen LogP contribution in [0.25, 0.3) is 10.2 Å². The minimum Gasteiger partial charge on any atom is -0.308 e. The van der Waals surface area contributed by atoms with E-state index in [2.05, 4.69) is 20.9 Å². The first-order valence-electron chi connectivity index (χ1n) is 9.55. The smallest absolute Gasteiger partial charge is 0.308 e. The molecule has 1 aromatic heterocycles. The van der Waals surface area contributed by atoms with Gasteiger partial charge in [0.25, 0.3) is 5.91 Å². The van der Waals surface area contributed by atoms with E-state index in [0.717, 1.165) is 27.9 Å². The molecule has 4 aromatic rings. The Kier molecular flexibility index (Phi) is 5.72. The van der Waals surface area contributed by atoms with Crippen LogP contribution in [0.3, 0.4) is 0 Å². The Morgan fingerprint density at radius 1 is 0.900 bits per heavy atom. The highest BCUT2D eigenvalue weighted by atomic mass is 32.1. The van der Waals surface area contributed by atoms with Crippen LogP contribution in [0.15, 0.2) is 72.8 Å². The molecule has 0 unspecified atom stereocenters. The normalized spacial score (nSPS) is 10.6. The Morgan fingerprint density at radius 2 is 1.67 bits per heavy atom. The number of carbonyl (C=O) groups excluding carboxylic acids is 2. The molecule has 0 aliphatic heterocycles. The number of thiazole rings is 1. The van der Waals surface area contributed by atoms with E-state index in [4.69, 9.17) is 0 Å². The number of aromatic nitrogens is 1. The van der Waals surface area contributed by atoms with Gasteiger partial charge < -0.3 is 10.6 Å². The molecule has 6 nitrogen and oxygen atoms in total. The van der Waals surface area contributed by atoms with E-state index < -0.39 is 0 Å². The monoisotopic (exact) mass is 416 g/mol. The molecule has 0 saturated carbocycles. The number of hydrogen-bond donors (Lipinski definition) is 3. The molecule has 7 heteroatoms. The number of anilines is 3. The minimum absolute atomic E-state index is 0.207. The van der Waals surface area contributed by atoms with Crippen molar-refractivity contribution < 1.29 is 9.59 Å².